The summed E-state index contributed by atoms with van der Waals surface area (Å²) in [7, 11) is 1.61. The maximum absolute atomic E-state index is 12.4. The number of hydrogen-bond acceptors (Lipinski definition) is 3. The molecule has 1 aliphatic heterocycles. The summed E-state index contributed by atoms with van der Waals surface area (Å²) < 4.78 is 5.18. The Kier molecular flexibility index (Phi) is 4.22. The number of anilines is 1. The van der Waals surface area contributed by atoms with Crippen molar-refractivity contribution in [2.75, 3.05) is 32.1 Å². The number of para-hydroxylation sites is 1. The van der Waals surface area contributed by atoms with Gasteiger partial charge in [0, 0.05) is 13.7 Å². The van der Waals surface area contributed by atoms with Gasteiger partial charge in [0.2, 0.25) is 5.91 Å². The Hall–Kier alpha value is -1.10. The van der Waals surface area contributed by atoms with E-state index in [2.05, 4.69) is 10.6 Å². The molecule has 1 aromatic carbocycles. The van der Waals surface area contributed by atoms with Crippen LogP contribution in [0, 0.1) is 5.41 Å². The molecule has 1 saturated heterocycles. The van der Waals surface area contributed by atoms with Crippen molar-refractivity contribution in [1.82, 2.24) is 5.32 Å². The highest BCUT2D eigenvalue weighted by Gasteiger charge is 2.41. The Morgan fingerprint density at radius 2 is 2.33 bits per heavy atom. The topological polar surface area (TPSA) is 50.4 Å². The molecule has 1 atom stereocenters. The fraction of sp³-hybridized carbons (Fsp3) is 0.462. The van der Waals surface area contributed by atoms with E-state index in [4.69, 9.17) is 16.3 Å². The number of methoxy groups -OCH3 is 1. The lowest BCUT2D eigenvalue weighted by atomic mass is 9.87. The van der Waals surface area contributed by atoms with Gasteiger partial charge >= 0.3 is 0 Å². The third-order valence-electron chi connectivity index (χ3n) is 3.27. The summed E-state index contributed by atoms with van der Waals surface area (Å²) in [6, 6.07) is 7.23. The SMILES string of the molecule is COCC1(C(=O)Nc2ccccc2Cl)CCNC1. The van der Waals surface area contributed by atoms with E-state index in [1.165, 1.54) is 0 Å². The lowest BCUT2D eigenvalue weighted by molar-refractivity contribution is -0.127. The molecule has 4 nitrogen and oxygen atoms in total. The molecule has 1 aromatic rings. The van der Waals surface area contributed by atoms with E-state index in [1.807, 2.05) is 12.1 Å². The summed E-state index contributed by atoms with van der Waals surface area (Å²) in [6.45, 7) is 1.88. The van der Waals surface area contributed by atoms with Crippen LogP contribution in [0.25, 0.3) is 0 Å². The van der Waals surface area contributed by atoms with Crippen molar-refractivity contribution in [2.24, 2.45) is 5.41 Å². The van der Waals surface area contributed by atoms with E-state index in [-0.39, 0.29) is 5.91 Å². The largest absolute Gasteiger partial charge is 0.384 e. The van der Waals surface area contributed by atoms with Gasteiger partial charge in [0.05, 0.1) is 22.7 Å². The van der Waals surface area contributed by atoms with Crippen molar-refractivity contribution < 1.29 is 9.53 Å². The van der Waals surface area contributed by atoms with Crippen LogP contribution < -0.4 is 10.6 Å². The van der Waals surface area contributed by atoms with Gasteiger partial charge in [-0.15, -0.1) is 0 Å². The summed E-state index contributed by atoms with van der Waals surface area (Å²) in [6.07, 6.45) is 0.775. The fourth-order valence-corrected chi connectivity index (χ4v) is 2.40. The zero-order chi connectivity index (χ0) is 13.0. The molecule has 1 aliphatic rings. The molecule has 2 rings (SSSR count). The summed E-state index contributed by atoms with van der Waals surface area (Å²) >= 11 is 6.04. The van der Waals surface area contributed by atoms with Crippen LogP contribution in [0.2, 0.25) is 5.02 Å². The van der Waals surface area contributed by atoms with Crippen molar-refractivity contribution in [3.63, 3.8) is 0 Å². The summed E-state index contributed by atoms with van der Waals surface area (Å²) in [5.74, 6) is -0.0394. The van der Waals surface area contributed by atoms with Gasteiger partial charge in [-0.1, -0.05) is 23.7 Å². The third kappa shape index (κ3) is 2.66. The second-order valence-corrected chi connectivity index (χ2v) is 4.98. The number of hydrogen-bond donors (Lipinski definition) is 2. The van der Waals surface area contributed by atoms with Gasteiger partial charge in [-0.25, -0.2) is 0 Å². The Bertz CT molecular complexity index is 431. The Morgan fingerprint density at radius 1 is 1.56 bits per heavy atom. The Balaban J connectivity index is 2.13. The number of carbonyl (C=O) groups excluding carboxylic acids is 1. The first-order chi connectivity index (χ1) is 8.68. The minimum absolute atomic E-state index is 0.0394. The first-order valence-corrected chi connectivity index (χ1v) is 6.31. The van der Waals surface area contributed by atoms with Crippen molar-refractivity contribution in [1.29, 1.82) is 0 Å². The monoisotopic (exact) mass is 268 g/mol. The van der Waals surface area contributed by atoms with Gasteiger partial charge in [0.1, 0.15) is 0 Å². The number of amides is 1. The predicted molar refractivity (Wildman–Crippen MR) is 71.9 cm³/mol. The fourth-order valence-electron chi connectivity index (χ4n) is 2.22. The minimum atomic E-state index is -0.492. The first kappa shape index (κ1) is 13.3. The summed E-state index contributed by atoms with van der Waals surface area (Å²) in [5, 5.41) is 6.64. The van der Waals surface area contributed by atoms with Gasteiger partial charge < -0.3 is 15.4 Å². The van der Waals surface area contributed by atoms with Gasteiger partial charge in [-0.05, 0) is 25.1 Å². The molecule has 5 heteroatoms. The van der Waals surface area contributed by atoms with E-state index in [1.54, 1.807) is 19.2 Å². The molecule has 0 aliphatic carbocycles. The van der Waals surface area contributed by atoms with Crippen LogP contribution in [0.4, 0.5) is 5.69 Å². The molecule has 0 bridgehead atoms. The van der Waals surface area contributed by atoms with Crippen LogP contribution in [0.15, 0.2) is 24.3 Å². The number of benzene rings is 1. The maximum Gasteiger partial charge on any atom is 0.234 e. The molecule has 0 saturated carbocycles. The molecule has 18 heavy (non-hydrogen) atoms. The van der Waals surface area contributed by atoms with E-state index >= 15 is 0 Å². The average molecular weight is 269 g/mol. The second-order valence-electron chi connectivity index (χ2n) is 4.57. The van der Waals surface area contributed by atoms with E-state index in [0.717, 1.165) is 13.0 Å². The van der Waals surface area contributed by atoms with Crippen molar-refractivity contribution in [3.05, 3.63) is 29.3 Å². The molecule has 1 fully saturated rings. The van der Waals surface area contributed by atoms with Crippen molar-refractivity contribution in [3.8, 4) is 0 Å². The predicted octanol–water partition coefficient (Wildman–Crippen LogP) is 1.90. The average Bonchev–Trinajstić information content (AvgIpc) is 2.82. The molecule has 1 amide bonds. The lowest BCUT2D eigenvalue weighted by Gasteiger charge is -2.26. The molecule has 2 N–H and O–H groups in total. The third-order valence-corrected chi connectivity index (χ3v) is 3.60. The number of nitrogens with one attached hydrogen (secondary N) is 2. The van der Waals surface area contributed by atoms with Crippen molar-refractivity contribution >= 4 is 23.2 Å². The minimum Gasteiger partial charge on any atom is -0.384 e. The van der Waals surface area contributed by atoms with Gasteiger partial charge in [-0.2, -0.15) is 0 Å². The van der Waals surface area contributed by atoms with E-state index in [0.29, 0.717) is 23.9 Å². The van der Waals surface area contributed by atoms with Crippen LogP contribution in [0.1, 0.15) is 6.42 Å². The highest BCUT2D eigenvalue weighted by atomic mass is 35.5. The molecule has 98 valence electrons. The van der Waals surface area contributed by atoms with Crippen LogP contribution in [-0.4, -0.2) is 32.7 Å². The lowest BCUT2D eigenvalue weighted by Crippen LogP contribution is -2.41. The van der Waals surface area contributed by atoms with Crippen molar-refractivity contribution in [2.45, 2.75) is 6.42 Å². The highest BCUT2D eigenvalue weighted by Crippen LogP contribution is 2.29. The highest BCUT2D eigenvalue weighted by molar-refractivity contribution is 6.33. The Morgan fingerprint density at radius 3 is 2.94 bits per heavy atom. The first-order valence-electron chi connectivity index (χ1n) is 5.94. The number of rotatable bonds is 4. The number of carbonyl (C=O) groups is 1. The zero-order valence-corrected chi connectivity index (χ0v) is 11.1. The molecule has 0 aromatic heterocycles. The standard InChI is InChI=1S/C13H17ClN2O2/c1-18-9-13(6-7-15-8-13)12(17)16-11-5-3-2-4-10(11)14/h2-5,15H,6-9H2,1H3,(H,16,17). The quantitative estimate of drug-likeness (QED) is 0.877. The molecule has 1 heterocycles. The zero-order valence-electron chi connectivity index (χ0n) is 10.3. The number of halogens is 1. The van der Waals surface area contributed by atoms with E-state index in [9.17, 15) is 4.79 Å². The molecular weight excluding hydrogens is 252 g/mol. The molecule has 0 radical (unpaired) electrons. The Labute approximate surface area is 112 Å². The van der Waals surface area contributed by atoms with Crippen LogP contribution in [0.3, 0.4) is 0 Å². The van der Waals surface area contributed by atoms with Gasteiger partial charge in [-0.3, -0.25) is 4.79 Å². The summed E-state index contributed by atoms with van der Waals surface area (Å²) in [5.41, 5.74) is 0.153. The van der Waals surface area contributed by atoms with Crippen LogP contribution in [-0.2, 0) is 9.53 Å². The molecule has 0 spiro atoms. The molecular formula is C13H17ClN2O2. The van der Waals surface area contributed by atoms with Crippen LogP contribution in [0.5, 0.6) is 0 Å². The summed E-state index contributed by atoms with van der Waals surface area (Å²) in [4.78, 5) is 12.4. The second kappa shape index (κ2) is 5.69. The molecule has 1 unspecified atom stereocenters. The van der Waals surface area contributed by atoms with Gasteiger partial charge in [0.25, 0.3) is 0 Å². The maximum atomic E-state index is 12.4. The van der Waals surface area contributed by atoms with Crippen LogP contribution >= 0.6 is 11.6 Å². The normalized spacial score (nSPS) is 23.0. The van der Waals surface area contributed by atoms with E-state index < -0.39 is 5.41 Å². The number of ether oxygens (including phenoxy) is 1. The smallest absolute Gasteiger partial charge is 0.234 e. The van der Waals surface area contributed by atoms with Gasteiger partial charge in [0.15, 0.2) is 0 Å².